The van der Waals surface area contributed by atoms with Gasteiger partial charge in [0.15, 0.2) is 10.9 Å². The van der Waals surface area contributed by atoms with Crippen LogP contribution in [0.1, 0.15) is 16.3 Å². The number of anilines is 1. The minimum atomic E-state index is -0.506. The summed E-state index contributed by atoms with van der Waals surface area (Å²) in [5.41, 5.74) is 2.00. The standard InChI is InChI=1S/C23H16Cl2N2O4S/c24-15-4-1-13(2-5-15)19-9-10-21(31-19)22(29)27-23(32)26-18-11-14(3-7-17(18)25)20-8-6-16(12-28)30-20/h1-11,28H,12H2,(H2,26,27,29,32). The van der Waals surface area contributed by atoms with Gasteiger partial charge < -0.3 is 19.3 Å². The summed E-state index contributed by atoms with van der Waals surface area (Å²) in [6, 6.07) is 18.9. The van der Waals surface area contributed by atoms with E-state index in [4.69, 9.17) is 44.3 Å². The second-order valence-corrected chi connectivity index (χ2v) is 7.95. The van der Waals surface area contributed by atoms with Crippen LogP contribution in [0.3, 0.4) is 0 Å². The van der Waals surface area contributed by atoms with Crippen LogP contribution in [0.15, 0.2) is 75.6 Å². The van der Waals surface area contributed by atoms with Crippen LogP contribution in [0.4, 0.5) is 5.69 Å². The van der Waals surface area contributed by atoms with E-state index in [1.165, 1.54) is 0 Å². The van der Waals surface area contributed by atoms with Crippen LogP contribution in [0.25, 0.3) is 22.6 Å². The van der Waals surface area contributed by atoms with Crippen molar-refractivity contribution in [2.45, 2.75) is 6.61 Å². The van der Waals surface area contributed by atoms with Crippen LogP contribution < -0.4 is 10.6 Å². The van der Waals surface area contributed by atoms with E-state index in [2.05, 4.69) is 10.6 Å². The van der Waals surface area contributed by atoms with Crippen molar-refractivity contribution in [1.82, 2.24) is 5.32 Å². The first-order valence-corrected chi connectivity index (χ1v) is 10.6. The third kappa shape index (κ3) is 5.03. The predicted octanol–water partition coefficient (Wildman–Crippen LogP) is 6.13. The number of aliphatic hydroxyl groups excluding tert-OH is 1. The number of thiocarbonyl (C=S) groups is 1. The van der Waals surface area contributed by atoms with E-state index in [-0.39, 0.29) is 17.5 Å². The fraction of sp³-hybridized carbons (Fsp3) is 0.0435. The van der Waals surface area contributed by atoms with Gasteiger partial charge in [0.2, 0.25) is 0 Å². The Hall–Kier alpha value is -3.10. The molecular weight excluding hydrogens is 471 g/mol. The lowest BCUT2D eigenvalue weighted by Gasteiger charge is -2.11. The van der Waals surface area contributed by atoms with Gasteiger partial charge in [0.1, 0.15) is 23.9 Å². The Morgan fingerprint density at radius 2 is 1.59 bits per heavy atom. The first kappa shape index (κ1) is 22.1. The van der Waals surface area contributed by atoms with Crippen molar-refractivity contribution >= 4 is 52.1 Å². The molecule has 6 nitrogen and oxygen atoms in total. The number of carbonyl (C=O) groups excluding carboxylic acids is 1. The molecule has 0 aliphatic heterocycles. The second-order valence-electron chi connectivity index (χ2n) is 6.70. The Labute approximate surface area is 198 Å². The van der Waals surface area contributed by atoms with Crippen LogP contribution in [-0.2, 0) is 6.61 Å². The van der Waals surface area contributed by atoms with Gasteiger partial charge in [-0.2, -0.15) is 0 Å². The van der Waals surface area contributed by atoms with Crippen LogP contribution in [0.5, 0.6) is 0 Å². The maximum absolute atomic E-state index is 12.5. The van der Waals surface area contributed by atoms with Crippen molar-refractivity contribution < 1.29 is 18.7 Å². The smallest absolute Gasteiger partial charge is 0.293 e. The number of hydrogen-bond donors (Lipinski definition) is 3. The molecule has 9 heteroatoms. The summed E-state index contributed by atoms with van der Waals surface area (Å²) in [7, 11) is 0. The molecule has 0 aliphatic carbocycles. The zero-order valence-electron chi connectivity index (χ0n) is 16.4. The van der Waals surface area contributed by atoms with E-state index in [9.17, 15) is 9.90 Å². The average molecular weight is 487 g/mol. The van der Waals surface area contributed by atoms with Gasteiger partial charge in [-0.1, -0.05) is 23.2 Å². The SMILES string of the molecule is O=C(NC(=S)Nc1cc(-c2ccc(CO)o2)ccc1Cl)c1ccc(-c2ccc(Cl)cc2)o1. The molecule has 3 N–H and O–H groups in total. The topological polar surface area (TPSA) is 87.6 Å². The maximum Gasteiger partial charge on any atom is 0.293 e. The molecule has 0 spiro atoms. The highest BCUT2D eigenvalue weighted by Gasteiger charge is 2.15. The van der Waals surface area contributed by atoms with Crippen molar-refractivity contribution in [3.05, 3.63) is 88.3 Å². The molecule has 2 heterocycles. The second kappa shape index (κ2) is 9.58. The molecule has 0 saturated carbocycles. The van der Waals surface area contributed by atoms with Crippen LogP contribution in [0.2, 0.25) is 10.0 Å². The summed E-state index contributed by atoms with van der Waals surface area (Å²) >= 11 is 17.4. The molecular formula is C23H16Cl2N2O4S. The van der Waals surface area contributed by atoms with E-state index in [1.54, 1.807) is 66.7 Å². The number of amides is 1. The molecule has 0 saturated heterocycles. The van der Waals surface area contributed by atoms with E-state index >= 15 is 0 Å². The minimum absolute atomic E-state index is 0.0500. The van der Waals surface area contributed by atoms with Crippen LogP contribution in [0, 0.1) is 0 Å². The number of hydrogen-bond acceptors (Lipinski definition) is 5. The maximum atomic E-state index is 12.5. The van der Waals surface area contributed by atoms with Crippen molar-refractivity contribution in [3.63, 3.8) is 0 Å². The number of benzene rings is 2. The first-order valence-electron chi connectivity index (χ1n) is 9.40. The molecule has 0 radical (unpaired) electrons. The normalized spacial score (nSPS) is 10.7. The number of carbonyl (C=O) groups is 1. The molecule has 4 rings (SSSR count). The van der Waals surface area contributed by atoms with E-state index in [0.717, 1.165) is 11.1 Å². The number of aliphatic hydroxyl groups is 1. The van der Waals surface area contributed by atoms with Gasteiger partial charge in [0.05, 0.1) is 10.7 Å². The Morgan fingerprint density at radius 3 is 2.31 bits per heavy atom. The van der Waals surface area contributed by atoms with Gasteiger partial charge in [0, 0.05) is 16.1 Å². The van der Waals surface area contributed by atoms with E-state index in [1.807, 2.05) is 0 Å². The molecule has 0 unspecified atom stereocenters. The lowest BCUT2D eigenvalue weighted by Crippen LogP contribution is -2.34. The van der Waals surface area contributed by atoms with Gasteiger partial charge in [-0.05, 0) is 78.9 Å². The average Bonchev–Trinajstić information content (AvgIpc) is 3.46. The van der Waals surface area contributed by atoms with Gasteiger partial charge in [-0.3, -0.25) is 10.1 Å². The zero-order chi connectivity index (χ0) is 22.7. The third-order valence-electron chi connectivity index (χ3n) is 4.50. The van der Waals surface area contributed by atoms with Crippen LogP contribution in [-0.4, -0.2) is 16.1 Å². The summed E-state index contributed by atoms with van der Waals surface area (Å²) in [6.07, 6.45) is 0. The van der Waals surface area contributed by atoms with E-state index in [0.29, 0.717) is 33.0 Å². The molecule has 2 aromatic carbocycles. The highest BCUT2D eigenvalue weighted by molar-refractivity contribution is 7.80. The highest BCUT2D eigenvalue weighted by Crippen LogP contribution is 2.30. The quantitative estimate of drug-likeness (QED) is 0.294. The Morgan fingerprint density at radius 1 is 0.906 bits per heavy atom. The minimum Gasteiger partial charge on any atom is -0.459 e. The fourth-order valence-electron chi connectivity index (χ4n) is 2.94. The molecule has 0 aliphatic rings. The molecule has 1 amide bonds. The van der Waals surface area contributed by atoms with Crippen LogP contribution >= 0.6 is 35.4 Å². The Kier molecular flexibility index (Phi) is 6.62. The highest BCUT2D eigenvalue weighted by atomic mass is 35.5. The summed E-state index contributed by atoms with van der Waals surface area (Å²) in [6.45, 7) is -0.193. The Bertz CT molecular complexity index is 1280. The van der Waals surface area contributed by atoms with Crippen molar-refractivity contribution in [2.75, 3.05) is 5.32 Å². The third-order valence-corrected chi connectivity index (χ3v) is 5.29. The monoisotopic (exact) mass is 486 g/mol. The largest absolute Gasteiger partial charge is 0.459 e. The molecule has 32 heavy (non-hydrogen) atoms. The fourth-order valence-corrected chi connectivity index (χ4v) is 3.43. The van der Waals surface area contributed by atoms with Gasteiger partial charge in [0.25, 0.3) is 5.91 Å². The summed E-state index contributed by atoms with van der Waals surface area (Å²) in [4.78, 5) is 12.5. The van der Waals surface area contributed by atoms with Gasteiger partial charge >= 0.3 is 0 Å². The number of nitrogens with one attached hydrogen (secondary N) is 2. The lowest BCUT2D eigenvalue weighted by molar-refractivity contribution is 0.0951. The molecule has 0 atom stereocenters. The van der Waals surface area contributed by atoms with Gasteiger partial charge in [-0.25, -0.2) is 0 Å². The number of furan rings is 2. The number of halogens is 2. The molecule has 162 valence electrons. The van der Waals surface area contributed by atoms with Crippen molar-refractivity contribution in [2.24, 2.45) is 0 Å². The number of rotatable bonds is 5. The molecule has 4 aromatic rings. The lowest BCUT2D eigenvalue weighted by atomic mass is 10.1. The predicted molar refractivity (Wildman–Crippen MR) is 128 cm³/mol. The molecule has 0 fully saturated rings. The molecule has 2 aromatic heterocycles. The first-order chi connectivity index (χ1) is 15.4. The zero-order valence-corrected chi connectivity index (χ0v) is 18.7. The summed E-state index contributed by atoms with van der Waals surface area (Å²) in [5, 5.41) is 15.7. The van der Waals surface area contributed by atoms with Crippen molar-refractivity contribution in [3.8, 4) is 22.6 Å². The summed E-state index contributed by atoms with van der Waals surface area (Å²) in [5.74, 6) is 1.14. The van der Waals surface area contributed by atoms with Gasteiger partial charge in [-0.15, -0.1) is 0 Å². The van der Waals surface area contributed by atoms with E-state index < -0.39 is 5.91 Å². The molecule has 0 bridgehead atoms. The van der Waals surface area contributed by atoms with Crippen molar-refractivity contribution in [1.29, 1.82) is 0 Å². The Balaban J connectivity index is 1.44. The summed E-state index contributed by atoms with van der Waals surface area (Å²) < 4.78 is 11.2.